The maximum absolute atomic E-state index is 6.11. The molecule has 0 aromatic carbocycles. The third-order valence-corrected chi connectivity index (χ3v) is 2.43. The molecule has 0 amide bonds. The van der Waals surface area contributed by atoms with Crippen molar-refractivity contribution in [2.75, 3.05) is 5.73 Å². The smallest absolute Gasteiger partial charge is 0.126 e. The quantitative estimate of drug-likeness (QED) is 0.717. The van der Waals surface area contributed by atoms with Gasteiger partial charge in [0, 0.05) is 12.2 Å². The molecule has 14 heavy (non-hydrogen) atoms. The molecule has 0 aliphatic heterocycles. The molecule has 0 aliphatic carbocycles. The Bertz CT molecular complexity index is 326. The number of anilines is 1. The first-order valence-corrected chi connectivity index (χ1v) is 4.80. The molecule has 1 atom stereocenters. The van der Waals surface area contributed by atoms with Crippen LogP contribution in [0.3, 0.4) is 0 Å². The molecule has 0 radical (unpaired) electrons. The van der Waals surface area contributed by atoms with E-state index in [1.165, 1.54) is 0 Å². The number of rotatable bonds is 1. The molecule has 1 aromatic heterocycles. The summed E-state index contributed by atoms with van der Waals surface area (Å²) in [6, 6.07) is 2.01. The van der Waals surface area contributed by atoms with Gasteiger partial charge in [-0.25, -0.2) is 4.98 Å². The van der Waals surface area contributed by atoms with Gasteiger partial charge in [0.2, 0.25) is 0 Å². The van der Waals surface area contributed by atoms with Crippen LogP contribution in [0.25, 0.3) is 0 Å². The van der Waals surface area contributed by atoms with Gasteiger partial charge in [-0.1, -0.05) is 20.8 Å². The molecule has 0 saturated carbocycles. The number of aryl methyl sites for hydroxylation is 1. The van der Waals surface area contributed by atoms with E-state index in [9.17, 15) is 0 Å². The van der Waals surface area contributed by atoms with Gasteiger partial charge in [-0.2, -0.15) is 0 Å². The fourth-order valence-electron chi connectivity index (χ4n) is 1.28. The lowest BCUT2D eigenvalue weighted by atomic mass is 9.83. The third-order valence-electron chi connectivity index (χ3n) is 2.43. The van der Waals surface area contributed by atoms with E-state index in [4.69, 9.17) is 11.5 Å². The van der Waals surface area contributed by atoms with Crippen LogP contribution in [-0.2, 0) is 0 Å². The molecule has 0 aliphatic rings. The van der Waals surface area contributed by atoms with Gasteiger partial charge < -0.3 is 11.5 Å². The van der Waals surface area contributed by atoms with Crippen LogP contribution in [0.5, 0.6) is 0 Å². The standard InChI is InChI=1S/C11H19N3/c1-7-5-8(6-14-10(7)13)9(12)11(2,3)4/h5-6,9H,12H2,1-4H3,(H2,13,14). The molecule has 1 aromatic rings. The predicted octanol–water partition coefficient (Wildman–Crippen LogP) is 2.02. The van der Waals surface area contributed by atoms with Crippen molar-refractivity contribution in [2.24, 2.45) is 11.1 Å². The number of nitrogen functional groups attached to an aromatic ring is 1. The number of hydrogen-bond acceptors (Lipinski definition) is 3. The van der Waals surface area contributed by atoms with Gasteiger partial charge in [0.05, 0.1) is 0 Å². The molecule has 0 bridgehead atoms. The Morgan fingerprint density at radius 1 is 1.36 bits per heavy atom. The van der Waals surface area contributed by atoms with Crippen molar-refractivity contribution >= 4 is 5.82 Å². The monoisotopic (exact) mass is 193 g/mol. The normalized spacial score (nSPS) is 14.1. The molecule has 3 heteroatoms. The van der Waals surface area contributed by atoms with E-state index < -0.39 is 0 Å². The van der Waals surface area contributed by atoms with Gasteiger partial charge in [0.15, 0.2) is 0 Å². The number of aromatic nitrogens is 1. The third kappa shape index (κ3) is 2.23. The van der Waals surface area contributed by atoms with Gasteiger partial charge in [0.25, 0.3) is 0 Å². The second kappa shape index (κ2) is 3.58. The first kappa shape index (κ1) is 11.0. The van der Waals surface area contributed by atoms with E-state index in [-0.39, 0.29) is 11.5 Å². The zero-order valence-electron chi connectivity index (χ0n) is 9.33. The lowest BCUT2D eigenvalue weighted by molar-refractivity contribution is 0.326. The van der Waals surface area contributed by atoms with Crippen molar-refractivity contribution in [1.82, 2.24) is 4.98 Å². The summed E-state index contributed by atoms with van der Waals surface area (Å²) in [4.78, 5) is 4.11. The van der Waals surface area contributed by atoms with Crippen molar-refractivity contribution in [3.8, 4) is 0 Å². The largest absolute Gasteiger partial charge is 0.383 e. The Morgan fingerprint density at radius 3 is 2.36 bits per heavy atom. The maximum atomic E-state index is 6.11. The molecular weight excluding hydrogens is 174 g/mol. The van der Waals surface area contributed by atoms with Gasteiger partial charge in [0.1, 0.15) is 5.82 Å². The highest BCUT2D eigenvalue weighted by atomic mass is 14.8. The minimum absolute atomic E-state index is 0.00528. The van der Waals surface area contributed by atoms with Gasteiger partial charge in [-0.3, -0.25) is 0 Å². The molecule has 1 unspecified atom stereocenters. The summed E-state index contributed by atoms with van der Waals surface area (Å²) in [7, 11) is 0. The second-order valence-electron chi connectivity index (χ2n) is 4.81. The number of nitrogens with two attached hydrogens (primary N) is 2. The summed E-state index contributed by atoms with van der Waals surface area (Å²) in [6.45, 7) is 8.29. The lowest BCUT2D eigenvalue weighted by Crippen LogP contribution is -2.26. The van der Waals surface area contributed by atoms with Crippen LogP contribution in [0.1, 0.15) is 37.9 Å². The van der Waals surface area contributed by atoms with Crippen molar-refractivity contribution in [2.45, 2.75) is 33.7 Å². The predicted molar refractivity (Wildman–Crippen MR) is 59.8 cm³/mol. The highest BCUT2D eigenvalue weighted by Crippen LogP contribution is 2.30. The summed E-state index contributed by atoms with van der Waals surface area (Å²) >= 11 is 0. The topological polar surface area (TPSA) is 64.9 Å². The van der Waals surface area contributed by atoms with Crippen LogP contribution in [0, 0.1) is 12.3 Å². The molecule has 1 rings (SSSR count). The van der Waals surface area contributed by atoms with E-state index in [1.807, 2.05) is 13.0 Å². The number of pyridine rings is 1. The zero-order chi connectivity index (χ0) is 10.9. The van der Waals surface area contributed by atoms with Crippen LogP contribution in [0.2, 0.25) is 0 Å². The molecule has 3 nitrogen and oxygen atoms in total. The van der Waals surface area contributed by atoms with E-state index in [1.54, 1.807) is 6.20 Å². The second-order valence-corrected chi connectivity index (χ2v) is 4.81. The summed E-state index contributed by atoms with van der Waals surface area (Å²) in [5, 5.41) is 0. The Hall–Kier alpha value is -1.09. The minimum atomic E-state index is -0.00528. The maximum Gasteiger partial charge on any atom is 0.126 e. The molecule has 4 N–H and O–H groups in total. The van der Waals surface area contributed by atoms with Crippen molar-refractivity contribution in [3.63, 3.8) is 0 Å². The lowest BCUT2D eigenvalue weighted by Gasteiger charge is -2.27. The average molecular weight is 193 g/mol. The van der Waals surface area contributed by atoms with Gasteiger partial charge in [-0.05, 0) is 29.5 Å². The van der Waals surface area contributed by atoms with Crippen LogP contribution in [0.15, 0.2) is 12.3 Å². The number of nitrogens with zero attached hydrogens (tertiary/aromatic N) is 1. The van der Waals surface area contributed by atoms with E-state index in [0.29, 0.717) is 5.82 Å². The molecule has 1 heterocycles. The van der Waals surface area contributed by atoms with Crippen LogP contribution >= 0.6 is 0 Å². The summed E-state index contributed by atoms with van der Waals surface area (Å²) in [5.41, 5.74) is 13.8. The van der Waals surface area contributed by atoms with Crippen molar-refractivity contribution in [1.29, 1.82) is 0 Å². The molecule has 0 saturated heterocycles. The Kier molecular flexibility index (Phi) is 2.81. The van der Waals surface area contributed by atoms with E-state index in [0.717, 1.165) is 11.1 Å². The fraction of sp³-hybridized carbons (Fsp3) is 0.545. The average Bonchev–Trinajstić information content (AvgIpc) is 2.07. The molecular formula is C11H19N3. The molecule has 0 fully saturated rings. The highest BCUT2D eigenvalue weighted by Gasteiger charge is 2.22. The molecule has 0 spiro atoms. The van der Waals surface area contributed by atoms with Crippen LogP contribution < -0.4 is 11.5 Å². The molecule has 78 valence electrons. The van der Waals surface area contributed by atoms with E-state index >= 15 is 0 Å². The van der Waals surface area contributed by atoms with E-state index in [2.05, 4.69) is 25.8 Å². The Balaban J connectivity index is 3.03. The Labute approximate surface area is 85.5 Å². The minimum Gasteiger partial charge on any atom is -0.383 e. The van der Waals surface area contributed by atoms with Crippen molar-refractivity contribution < 1.29 is 0 Å². The highest BCUT2D eigenvalue weighted by molar-refractivity contribution is 5.40. The fourth-order valence-corrected chi connectivity index (χ4v) is 1.28. The summed E-state index contributed by atoms with van der Waals surface area (Å²) in [5.74, 6) is 0.579. The first-order valence-electron chi connectivity index (χ1n) is 4.80. The first-order chi connectivity index (χ1) is 6.32. The summed E-state index contributed by atoms with van der Waals surface area (Å²) in [6.07, 6.45) is 1.76. The van der Waals surface area contributed by atoms with Crippen LogP contribution in [0.4, 0.5) is 5.82 Å². The number of hydrogen-bond donors (Lipinski definition) is 2. The van der Waals surface area contributed by atoms with Gasteiger partial charge in [-0.15, -0.1) is 0 Å². The van der Waals surface area contributed by atoms with Crippen LogP contribution in [-0.4, -0.2) is 4.98 Å². The SMILES string of the molecule is Cc1cc(C(N)C(C)(C)C)cnc1N. The summed E-state index contributed by atoms with van der Waals surface area (Å²) < 4.78 is 0. The van der Waals surface area contributed by atoms with Crippen molar-refractivity contribution in [3.05, 3.63) is 23.4 Å². The zero-order valence-corrected chi connectivity index (χ0v) is 9.33. The Morgan fingerprint density at radius 2 is 1.93 bits per heavy atom. The van der Waals surface area contributed by atoms with Gasteiger partial charge >= 0.3 is 0 Å².